The molecule has 0 aliphatic carbocycles. The van der Waals surface area contributed by atoms with Crippen LogP contribution in [0.3, 0.4) is 0 Å². The van der Waals surface area contributed by atoms with Crippen LogP contribution in [0.1, 0.15) is 11.5 Å². The van der Waals surface area contributed by atoms with E-state index in [1.54, 1.807) is 18.4 Å². The van der Waals surface area contributed by atoms with E-state index in [1.165, 1.54) is 18.2 Å². The van der Waals surface area contributed by atoms with E-state index in [0.717, 1.165) is 0 Å². The van der Waals surface area contributed by atoms with Gasteiger partial charge in [-0.15, -0.1) is 6.58 Å². The Morgan fingerprint density at radius 1 is 1.42 bits per heavy atom. The quantitative estimate of drug-likeness (QED) is 0.624. The third-order valence-electron chi connectivity index (χ3n) is 1.59. The zero-order valence-corrected chi connectivity index (χ0v) is 6.46. The molecule has 1 radical (unpaired) electrons. The summed E-state index contributed by atoms with van der Waals surface area (Å²) >= 11 is 0. The van der Waals surface area contributed by atoms with Crippen molar-refractivity contribution < 1.29 is 9.18 Å². The molecule has 61 valence electrons. The maximum Gasteiger partial charge on any atom is 0.210 e. The van der Waals surface area contributed by atoms with Gasteiger partial charge in [0.25, 0.3) is 0 Å². The molecule has 1 rings (SSSR count). The molecule has 0 N–H and O–H groups in total. The molecule has 0 amide bonds. The van der Waals surface area contributed by atoms with E-state index in [9.17, 15) is 9.18 Å². The van der Waals surface area contributed by atoms with Crippen LogP contribution in [0.15, 0.2) is 36.9 Å². The van der Waals surface area contributed by atoms with E-state index < -0.39 is 5.92 Å². The topological polar surface area (TPSA) is 17.1 Å². The second-order valence-corrected chi connectivity index (χ2v) is 2.38. The molecule has 0 saturated heterocycles. The van der Waals surface area contributed by atoms with Crippen molar-refractivity contribution in [2.24, 2.45) is 0 Å². The molecule has 0 aliphatic rings. The molecule has 1 aromatic carbocycles. The molecular formula is C10H8FO. The molecule has 0 spiro atoms. The first kappa shape index (κ1) is 8.65. The Morgan fingerprint density at radius 2 is 2.00 bits per heavy atom. The predicted molar refractivity (Wildman–Crippen MR) is 45.0 cm³/mol. The molecule has 0 bridgehead atoms. The summed E-state index contributed by atoms with van der Waals surface area (Å²) in [6.45, 7) is 3.47. The Bertz CT molecular complexity index is 268. The highest BCUT2D eigenvalue weighted by atomic mass is 19.1. The number of halogens is 1. The summed E-state index contributed by atoms with van der Waals surface area (Å²) in [6, 6.07) is 5.71. The standard InChI is InChI=1S/C10H8FO/c1-2-8(7-12)9-3-5-10(11)6-4-9/h2-6,8H,1H2. The van der Waals surface area contributed by atoms with Crippen LogP contribution in [-0.2, 0) is 4.79 Å². The van der Waals surface area contributed by atoms with E-state index in [0.29, 0.717) is 5.56 Å². The number of allylic oxidation sites excluding steroid dienone is 1. The van der Waals surface area contributed by atoms with Gasteiger partial charge < -0.3 is 0 Å². The summed E-state index contributed by atoms with van der Waals surface area (Å²) in [4.78, 5) is 10.3. The van der Waals surface area contributed by atoms with Crippen molar-refractivity contribution in [1.29, 1.82) is 0 Å². The lowest BCUT2D eigenvalue weighted by Crippen LogP contribution is -1.95. The molecule has 0 aliphatic heterocycles. The van der Waals surface area contributed by atoms with Gasteiger partial charge in [0.1, 0.15) is 5.82 Å². The molecular weight excluding hydrogens is 155 g/mol. The number of hydrogen-bond donors (Lipinski definition) is 0. The molecule has 1 atom stereocenters. The van der Waals surface area contributed by atoms with Gasteiger partial charge in [0.05, 0.1) is 5.92 Å². The summed E-state index contributed by atoms with van der Waals surface area (Å²) in [7, 11) is 0. The summed E-state index contributed by atoms with van der Waals surface area (Å²) in [5.74, 6) is -0.766. The molecule has 0 saturated carbocycles. The van der Waals surface area contributed by atoms with E-state index in [-0.39, 0.29) is 5.82 Å². The van der Waals surface area contributed by atoms with Crippen molar-refractivity contribution in [1.82, 2.24) is 0 Å². The number of benzene rings is 1. The lowest BCUT2D eigenvalue weighted by atomic mass is 10.0. The first-order chi connectivity index (χ1) is 5.77. The van der Waals surface area contributed by atoms with Crippen LogP contribution in [0.2, 0.25) is 0 Å². The fraction of sp³-hybridized carbons (Fsp3) is 0.100. The average molecular weight is 163 g/mol. The summed E-state index contributed by atoms with van der Waals surface area (Å²) in [5.41, 5.74) is 0.710. The highest BCUT2D eigenvalue weighted by Crippen LogP contribution is 2.14. The third kappa shape index (κ3) is 1.78. The summed E-state index contributed by atoms with van der Waals surface area (Å²) < 4.78 is 12.4. The zero-order valence-electron chi connectivity index (χ0n) is 6.46. The average Bonchev–Trinajstić information content (AvgIpc) is 2.10. The molecule has 0 aromatic heterocycles. The van der Waals surface area contributed by atoms with Crippen molar-refractivity contribution >= 4 is 6.29 Å². The second-order valence-electron chi connectivity index (χ2n) is 2.38. The third-order valence-corrected chi connectivity index (χ3v) is 1.59. The van der Waals surface area contributed by atoms with Gasteiger partial charge in [0, 0.05) is 0 Å². The van der Waals surface area contributed by atoms with Crippen molar-refractivity contribution in [2.75, 3.05) is 0 Å². The molecule has 12 heavy (non-hydrogen) atoms. The first-order valence-corrected chi connectivity index (χ1v) is 3.53. The van der Waals surface area contributed by atoms with Crippen LogP contribution in [-0.4, -0.2) is 6.29 Å². The molecule has 1 unspecified atom stereocenters. The number of carbonyl (C=O) groups excluding carboxylic acids is 1. The van der Waals surface area contributed by atoms with Crippen LogP contribution in [0.4, 0.5) is 4.39 Å². The normalized spacial score (nSPS) is 12.1. The van der Waals surface area contributed by atoms with Crippen molar-refractivity contribution in [2.45, 2.75) is 5.92 Å². The van der Waals surface area contributed by atoms with Gasteiger partial charge in [0.15, 0.2) is 0 Å². The minimum absolute atomic E-state index is 0.313. The predicted octanol–water partition coefficient (Wildman–Crippen LogP) is 2.21. The lowest BCUT2D eigenvalue weighted by molar-refractivity contribution is 0.550. The zero-order chi connectivity index (χ0) is 8.97. The van der Waals surface area contributed by atoms with Crippen molar-refractivity contribution in [3.05, 3.63) is 48.3 Å². The minimum atomic E-state index is -0.453. The van der Waals surface area contributed by atoms with Gasteiger partial charge in [-0.2, -0.15) is 0 Å². The van der Waals surface area contributed by atoms with Gasteiger partial charge in [-0.05, 0) is 17.7 Å². The first-order valence-electron chi connectivity index (χ1n) is 3.53. The van der Waals surface area contributed by atoms with Crippen molar-refractivity contribution in [3.63, 3.8) is 0 Å². The molecule has 0 heterocycles. The minimum Gasteiger partial charge on any atom is -0.290 e. The maximum absolute atomic E-state index is 12.4. The van der Waals surface area contributed by atoms with Gasteiger partial charge in [-0.1, -0.05) is 18.2 Å². The smallest absolute Gasteiger partial charge is 0.210 e. The van der Waals surface area contributed by atoms with Crippen molar-refractivity contribution in [3.8, 4) is 0 Å². The lowest BCUT2D eigenvalue weighted by Gasteiger charge is -2.02. The Kier molecular flexibility index (Phi) is 2.75. The van der Waals surface area contributed by atoms with E-state index >= 15 is 0 Å². The highest BCUT2D eigenvalue weighted by Gasteiger charge is 2.05. The van der Waals surface area contributed by atoms with E-state index in [1.807, 2.05) is 0 Å². The number of hydrogen-bond acceptors (Lipinski definition) is 1. The monoisotopic (exact) mass is 163 g/mol. The largest absolute Gasteiger partial charge is 0.290 e. The Balaban J connectivity index is 2.94. The van der Waals surface area contributed by atoms with Crippen LogP contribution < -0.4 is 0 Å². The Morgan fingerprint density at radius 3 is 2.42 bits per heavy atom. The maximum atomic E-state index is 12.4. The van der Waals surface area contributed by atoms with Crippen LogP contribution >= 0.6 is 0 Å². The van der Waals surface area contributed by atoms with Gasteiger partial charge >= 0.3 is 0 Å². The molecule has 1 nitrogen and oxygen atoms in total. The fourth-order valence-electron chi connectivity index (χ4n) is 0.922. The Hall–Kier alpha value is -1.44. The van der Waals surface area contributed by atoms with E-state index in [4.69, 9.17) is 0 Å². The van der Waals surface area contributed by atoms with Crippen LogP contribution in [0.5, 0.6) is 0 Å². The number of rotatable bonds is 3. The molecule has 1 aromatic rings. The summed E-state index contributed by atoms with van der Waals surface area (Å²) in [5, 5.41) is 0. The van der Waals surface area contributed by atoms with Crippen LogP contribution in [0, 0.1) is 5.82 Å². The van der Waals surface area contributed by atoms with Gasteiger partial charge in [-0.3, -0.25) is 4.79 Å². The second kappa shape index (κ2) is 3.81. The molecule has 2 heteroatoms. The summed E-state index contributed by atoms with van der Waals surface area (Å²) in [6.07, 6.45) is 3.27. The highest BCUT2D eigenvalue weighted by molar-refractivity contribution is 5.65. The fourth-order valence-corrected chi connectivity index (χ4v) is 0.922. The molecule has 0 fully saturated rings. The van der Waals surface area contributed by atoms with Gasteiger partial charge in [-0.25, -0.2) is 4.39 Å². The van der Waals surface area contributed by atoms with Crippen LogP contribution in [0.25, 0.3) is 0 Å². The van der Waals surface area contributed by atoms with Gasteiger partial charge in [0.2, 0.25) is 6.29 Å². The SMILES string of the molecule is C=CC([C]=O)c1ccc(F)cc1. The Labute approximate surface area is 70.5 Å². The van der Waals surface area contributed by atoms with E-state index in [2.05, 4.69) is 6.58 Å².